The zero-order chi connectivity index (χ0) is 16.4. The van der Waals surface area contributed by atoms with Crippen LogP contribution >= 0.6 is 11.3 Å². The Kier molecular flexibility index (Phi) is 4.44. The highest BCUT2D eigenvalue weighted by molar-refractivity contribution is 7.08. The zero-order valence-electron chi connectivity index (χ0n) is 13.9. The summed E-state index contributed by atoms with van der Waals surface area (Å²) in [6.45, 7) is 6.22. The Morgan fingerprint density at radius 2 is 2.12 bits per heavy atom. The van der Waals surface area contributed by atoms with Crippen molar-refractivity contribution >= 4 is 11.3 Å². The molecule has 0 saturated carbocycles. The summed E-state index contributed by atoms with van der Waals surface area (Å²) in [5.74, 6) is 0. The van der Waals surface area contributed by atoms with Crippen molar-refractivity contribution in [2.24, 2.45) is 0 Å². The monoisotopic (exact) mass is 342 g/mol. The van der Waals surface area contributed by atoms with Crippen LogP contribution in [0.25, 0.3) is 11.3 Å². The molecule has 0 aromatic carbocycles. The number of piperidine rings is 1. The summed E-state index contributed by atoms with van der Waals surface area (Å²) < 4.78 is 4.04. The fourth-order valence-electron chi connectivity index (χ4n) is 3.26. The van der Waals surface area contributed by atoms with Gasteiger partial charge in [-0.3, -0.25) is 9.58 Å². The molecule has 0 aliphatic carbocycles. The van der Waals surface area contributed by atoms with E-state index in [4.69, 9.17) is 0 Å². The minimum absolute atomic E-state index is 0.458. The summed E-state index contributed by atoms with van der Waals surface area (Å²) in [5.41, 5.74) is 3.44. The van der Waals surface area contributed by atoms with Gasteiger partial charge < -0.3 is 0 Å². The Hall–Kier alpha value is -1.99. The molecule has 4 rings (SSSR count). The molecule has 24 heavy (non-hydrogen) atoms. The minimum atomic E-state index is 0.458. The number of aromatic nitrogens is 5. The van der Waals surface area contributed by atoms with Gasteiger partial charge in [0.15, 0.2) is 0 Å². The van der Waals surface area contributed by atoms with Crippen LogP contribution in [-0.2, 0) is 13.1 Å². The van der Waals surface area contributed by atoms with Crippen molar-refractivity contribution in [1.29, 1.82) is 0 Å². The quantitative estimate of drug-likeness (QED) is 0.715. The van der Waals surface area contributed by atoms with Gasteiger partial charge in [-0.25, -0.2) is 4.68 Å². The molecule has 1 aliphatic rings. The highest BCUT2D eigenvalue weighted by Gasteiger charge is 2.22. The Balaban J connectivity index is 1.34. The molecule has 3 aromatic rings. The van der Waals surface area contributed by atoms with Gasteiger partial charge in [0, 0.05) is 48.9 Å². The highest BCUT2D eigenvalue weighted by atomic mass is 32.1. The van der Waals surface area contributed by atoms with Crippen molar-refractivity contribution < 1.29 is 0 Å². The van der Waals surface area contributed by atoms with Gasteiger partial charge in [-0.05, 0) is 31.2 Å². The van der Waals surface area contributed by atoms with Crippen LogP contribution in [0.3, 0.4) is 0 Å². The molecule has 3 aromatic heterocycles. The Morgan fingerprint density at radius 1 is 1.25 bits per heavy atom. The maximum absolute atomic E-state index is 4.36. The maximum atomic E-state index is 4.36. The lowest BCUT2D eigenvalue weighted by molar-refractivity contribution is 0.172. The standard InChI is InChI=1S/C17H22N6S/c1-2-22-11-14(9-18-22)10-21-6-3-16(4-7-21)23-12-17(19-20-23)15-5-8-24-13-15/h5,8-9,11-13,16H,2-4,6-7,10H2,1H3. The first-order valence-corrected chi connectivity index (χ1v) is 9.44. The fourth-order valence-corrected chi connectivity index (χ4v) is 3.91. The molecule has 1 saturated heterocycles. The molecule has 4 heterocycles. The largest absolute Gasteiger partial charge is 0.299 e. The van der Waals surface area contributed by atoms with E-state index in [0.29, 0.717) is 6.04 Å². The van der Waals surface area contributed by atoms with Gasteiger partial charge >= 0.3 is 0 Å². The lowest BCUT2D eigenvalue weighted by Crippen LogP contribution is -2.34. The second kappa shape index (κ2) is 6.86. The first kappa shape index (κ1) is 15.5. The summed E-state index contributed by atoms with van der Waals surface area (Å²) >= 11 is 1.69. The normalized spacial score (nSPS) is 16.7. The van der Waals surface area contributed by atoms with Crippen LogP contribution in [0, 0.1) is 0 Å². The van der Waals surface area contributed by atoms with E-state index in [-0.39, 0.29) is 0 Å². The van der Waals surface area contributed by atoms with Crippen molar-refractivity contribution in [2.75, 3.05) is 13.1 Å². The van der Waals surface area contributed by atoms with Crippen LogP contribution in [0.15, 0.2) is 35.4 Å². The van der Waals surface area contributed by atoms with E-state index in [0.717, 1.165) is 50.3 Å². The Labute approximate surface area is 145 Å². The van der Waals surface area contributed by atoms with Gasteiger partial charge in [0.1, 0.15) is 5.69 Å². The van der Waals surface area contributed by atoms with Gasteiger partial charge in [-0.15, -0.1) is 5.10 Å². The molecule has 0 radical (unpaired) electrons. The molecule has 7 heteroatoms. The number of nitrogens with zero attached hydrogens (tertiary/aromatic N) is 6. The summed E-state index contributed by atoms with van der Waals surface area (Å²) in [7, 11) is 0. The van der Waals surface area contributed by atoms with E-state index < -0.39 is 0 Å². The molecule has 6 nitrogen and oxygen atoms in total. The van der Waals surface area contributed by atoms with Gasteiger partial charge in [0.25, 0.3) is 0 Å². The van der Waals surface area contributed by atoms with E-state index >= 15 is 0 Å². The van der Waals surface area contributed by atoms with Crippen LogP contribution in [0.1, 0.15) is 31.4 Å². The summed E-state index contributed by atoms with van der Waals surface area (Å²) in [5, 5.41) is 17.2. The number of hydrogen-bond acceptors (Lipinski definition) is 5. The fraction of sp³-hybridized carbons (Fsp3) is 0.471. The number of thiophene rings is 1. The molecule has 126 valence electrons. The second-order valence-corrected chi connectivity index (χ2v) is 7.09. The average Bonchev–Trinajstić information content (AvgIpc) is 3.36. The van der Waals surface area contributed by atoms with Crippen molar-refractivity contribution in [3.05, 3.63) is 41.0 Å². The summed E-state index contributed by atoms with van der Waals surface area (Å²) in [6.07, 6.45) is 8.47. The molecule has 0 N–H and O–H groups in total. The summed E-state index contributed by atoms with van der Waals surface area (Å²) in [4.78, 5) is 2.50. The number of hydrogen-bond donors (Lipinski definition) is 0. The smallest absolute Gasteiger partial charge is 0.113 e. The van der Waals surface area contributed by atoms with E-state index in [1.165, 1.54) is 5.56 Å². The summed E-state index contributed by atoms with van der Waals surface area (Å²) in [6, 6.07) is 2.55. The number of likely N-dealkylation sites (tertiary alicyclic amines) is 1. The molecule has 0 bridgehead atoms. The third kappa shape index (κ3) is 3.27. The van der Waals surface area contributed by atoms with Crippen LogP contribution in [0.5, 0.6) is 0 Å². The van der Waals surface area contributed by atoms with Crippen molar-refractivity contribution in [1.82, 2.24) is 29.7 Å². The van der Waals surface area contributed by atoms with Gasteiger partial charge in [-0.1, -0.05) is 5.21 Å². The third-order valence-corrected chi connectivity index (χ3v) is 5.36. The predicted octanol–water partition coefficient (Wildman–Crippen LogP) is 3.06. The van der Waals surface area contributed by atoms with Gasteiger partial charge in [0.05, 0.1) is 18.4 Å². The van der Waals surface area contributed by atoms with Crippen LogP contribution in [0.2, 0.25) is 0 Å². The SMILES string of the molecule is CCn1cc(CN2CCC(n3cc(-c4ccsc4)nn3)CC2)cn1. The lowest BCUT2D eigenvalue weighted by Gasteiger charge is -2.31. The van der Waals surface area contributed by atoms with Gasteiger partial charge in [-0.2, -0.15) is 16.4 Å². The Morgan fingerprint density at radius 3 is 2.83 bits per heavy atom. The predicted molar refractivity (Wildman–Crippen MR) is 94.8 cm³/mol. The first-order valence-electron chi connectivity index (χ1n) is 8.50. The average molecular weight is 342 g/mol. The maximum Gasteiger partial charge on any atom is 0.113 e. The molecule has 0 amide bonds. The zero-order valence-corrected chi connectivity index (χ0v) is 14.7. The van der Waals surface area contributed by atoms with Crippen LogP contribution < -0.4 is 0 Å². The molecule has 0 atom stereocenters. The molecule has 0 unspecified atom stereocenters. The lowest BCUT2D eigenvalue weighted by atomic mass is 10.0. The van der Waals surface area contributed by atoms with Crippen molar-refractivity contribution in [3.63, 3.8) is 0 Å². The molecule has 0 spiro atoms. The Bertz CT molecular complexity index is 767. The highest BCUT2D eigenvalue weighted by Crippen LogP contribution is 2.25. The molecule has 1 aliphatic heterocycles. The second-order valence-electron chi connectivity index (χ2n) is 6.31. The molecular formula is C17H22N6S. The molecule has 1 fully saturated rings. The van der Waals surface area contributed by atoms with E-state index in [9.17, 15) is 0 Å². The first-order chi connectivity index (χ1) is 11.8. The van der Waals surface area contributed by atoms with Crippen molar-refractivity contribution in [3.8, 4) is 11.3 Å². The van der Waals surface area contributed by atoms with Crippen LogP contribution in [0.4, 0.5) is 0 Å². The molecular weight excluding hydrogens is 320 g/mol. The van der Waals surface area contributed by atoms with E-state index in [1.54, 1.807) is 11.3 Å². The van der Waals surface area contributed by atoms with Gasteiger partial charge in [0.2, 0.25) is 0 Å². The van der Waals surface area contributed by atoms with E-state index in [2.05, 4.69) is 61.1 Å². The topological polar surface area (TPSA) is 51.8 Å². The van der Waals surface area contributed by atoms with Crippen molar-refractivity contribution in [2.45, 2.75) is 38.9 Å². The number of rotatable bonds is 5. The minimum Gasteiger partial charge on any atom is -0.299 e. The van der Waals surface area contributed by atoms with Crippen LogP contribution in [-0.4, -0.2) is 42.8 Å². The van der Waals surface area contributed by atoms with E-state index in [1.807, 2.05) is 10.9 Å². The third-order valence-electron chi connectivity index (χ3n) is 4.68. The number of aryl methyl sites for hydroxylation is 1.